The van der Waals surface area contributed by atoms with Crippen molar-refractivity contribution in [2.24, 2.45) is 5.10 Å². The fourth-order valence-corrected chi connectivity index (χ4v) is 3.10. The Kier molecular flexibility index (Phi) is 7.78. The van der Waals surface area contributed by atoms with Gasteiger partial charge in [0.1, 0.15) is 12.4 Å². The van der Waals surface area contributed by atoms with Crippen LogP contribution in [0.2, 0.25) is 0 Å². The topological polar surface area (TPSA) is 63.2 Å². The van der Waals surface area contributed by atoms with Crippen molar-refractivity contribution in [1.29, 1.82) is 0 Å². The summed E-state index contributed by atoms with van der Waals surface area (Å²) in [6.45, 7) is 9.09. The molecule has 6 nitrogen and oxygen atoms in total. The van der Waals surface area contributed by atoms with E-state index in [-0.39, 0.29) is 5.91 Å². The number of amides is 1. The maximum Gasteiger partial charge on any atom is 0.271 e. The summed E-state index contributed by atoms with van der Waals surface area (Å²) in [4.78, 5) is 14.6. The number of morpholine rings is 1. The van der Waals surface area contributed by atoms with Crippen LogP contribution in [0.1, 0.15) is 34.8 Å². The lowest BCUT2D eigenvalue weighted by atomic mass is 10.1. The Balaban J connectivity index is 1.52. The van der Waals surface area contributed by atoms with E-state index >= 15 is 0 Å². The van der Waals surface area contributed by atoms with Gasteiger partial charge in [-0.25, -0.2) is 5.43 Å². The molecule has 0 saturated carbocycles. The first kappa shape index (κ1) is 21.0. The largest absolute Gasteiger partial charge is 0.492 e. The van der Waals surface area contributed by atoms with E-state index in [2.05, 4.69) is 15.4 Å². The molecular formula is C23H29N3O3. The lowest BCUT2D eigenvalue weighted by molar-refractivity contribution is 0.0322. The van der Waals surface area contributed by atoms with Crippen LogP contribution in [0.3, 0.4) is 0 Å². The highest BCUT2D eigenvalue weighted by Crippen LogP contribution is 2.14. The van der Waals surface area contributed by atoms with Gasteiger partial charge in [-0.3, -0.25) is 9.69 Å². The molecule has 0 atom stereocenters. The van der Waals surface area contributed by atoms with Crippen molar-refractivity contribution < 1.29 is 14.3 Å². The second kappa shape index (κ2) is 10.7. The third kappa shape index (κ3) is 6.41. The molecule has 0 spiro atoms. The van der Waals surface area contributed by atoms with E-state index in [0.717, 1.165) is 55.4 Å². The van der Waals surface area contributed by atoms with Crippen molar-refractivity contribution in [1.82, 2.24) is 10.3 Å². The Morgan fingerprint density at radius 1 is 1.07 bits per heavy atom. The Morgan fingerprint density at radius 3 is 2.38 bits per heavy atom. The van der Waals surface area contributed by atoms with Gasteiger partial charge in [-0.1, -0.05) is 24.6 Å². The van der Waals surface area contributed by atoms with Crippen LogP contribution in [0.4, 0.5) is 0 Å². The predicted octanol–water partition coefficient (Wildman–Crippen LogP) is 3.25. The number of nitrogens with one attached hydrogen (secondary N) is 1. The molecule has 1 heterocycles. The standard InChI is InChI=1S/C23H29N3O3/c1-3-22(24-25-23(27)20-6-4-18(2)5-7-20)19-8-10-21(11-9-19)29-17-14-26-12-15-28-16-13-26/h4-11H,3,12-17H2,1-2H3,(H,25,27)/b24-22+. The Morgan fingerprint density at radius 2 is 1.72 bits per heavy atom. The minimum Gasteiger partial charge on any atom is -0.492 e. The molecule has 1 saturated heterocycles. The van der Waals surface area contributed by atoms with Gasteiger partial charge in [0.15, 0.2) is 0 Å². The summed E-state index contributed by atoms with van der Waals surface area (Å²) in [7, 11) is 0. The molecule has 1 N–H and O–H groups in total. The normalized spacial score (nSPS) is 15.2. The molecule has 0 aromatic heterocycles. The van der Waals surface area contributed by atoms with Crippen LogP contribution in [0, 0.1) is 6.92 Å². The predicted molar refractivity (Wildman–Crippen MR) is 115 cm³/mol. The molecule has 6 heteroatoms. The number of rotatable bonds is 8. The summed E-state index contributed by atoms with van der Waals surface area (Å²) >= 11 is 0. The summed E-state index contributed by atoms with van der Waals surface area (Å²) in [5, 5.41) is 4.32. The van der Waals surface area contributed by atoms with Crippen molar-refractivity contribution in [3.05, 3.63) is 65.2 Å². The third-order valence-corrected chi connectivity index (χ3v) is 4.91. The molecule has 1 aliphatic heterocycles. The van der Waals surface area contributed by atoms with Crippen molar-refractivity contribution in [3.63, 3.8) is 0 Å². The number of nitrogens with zero attached hydrogens (tertiary/aromatic N) is 2. The van der Waals surface area contributed by atoms with E-state index in [1.165, 1.54) is 0 Å². The Bertz CT molecular complexity index is 810. The second-order valence-electron chi connectivity index (χ2n) is 7.05. The molecule has 0 aliphatic carbocycles. The molecule has 2 aromatic rings. The van der Waals surface area contributed by atoms with Crippen molar-refractivity contribution in [2.45, 2.75) is 20.3 Å². The van der Waals surface area contributed by atoms with Gasteiger partial charge >= 0.3 is 0 Å². The van der Waals surface area contributed by atoms with Crippen LogP contribution in [0.25, 0.3) is 0 Å². The zero-order chi connectivity index (χ0) is 20.5. The lowest BCUT2D eigenvalue weighted by Crippen LogP contribution is -2.38. The van der Waals surface area contributed by atoms with Gasteiger partial charge in [-0.15, -0.1) is 0 Å². The molecule has 29 heavy (non-hydrogen) atoms. The maximum atomic E-state index is 12.3. The second-order valence-corrected chi connectivity index (χ2v) is 7.05. The van der Waals surface area contributed by atoms with Crippen LogP contribution in [0.5, 0.6) is 5.75 Å². The number of hydrazone groups is 1. The molecule has 1 aliphatic rings. The number of hydrogen-bond acceptors (Lipinski definition) is 5. The molecule has 0 bridgehead atoms. The van der Waals surface area contributed by atoms with E-state index in [1.54, 1.807) is 12.1 Å². The van der Waals surface area contributed by atoms with Gasteiger partial charge in [0, 0.05) is 25.2 Å². The highest BCUT2D eigenvalue weighted by Gasteiger charge is 2.10. The average Bonchev–Trinajstić information content (AvgIpc) is 2.76. The van der Waals surface area contributed by atoms with Crippen LogP contribution in [0.15, 0.2) is 53.6 Å². The highest BCUT2D eigenvalue weighted by molar-refractivity contribution is 6.02. The van der Waals surface area contributed by atoms with Crippen LogP contribution >= 0.6 is 0 Å². The van der Waals surface area contributed by atoms with Gasteiger partial charge in [-0.05, 0) is 55.3 Å². The maximum absolute atomic E-state index is 12.3. The van der Waals surface area contributed by atoms with E-state index in [1.807, 2.05) is 50.2 Å². The molecule has 3 rings (SSSR count). The number of aryl methyl sites for hydroxylation is 1. The van der Waals surface area contributed by atoms with Crippen molar-refractivity contribution in [3.8, 4) is 5.75 Å². The average molecular weight is 396 g/mol. The quantitative estimate of drug-likeness (QED) is 0.551. The summed E-state index contributed by atoms with van der Waals surface area (Å²) < 4.78 is 11.2. The minimum atomic E-state index is -0.209. The van der Waals surface area contributed by atoms with E-state index in [4.69, 9.17) is 9.47 Å². The fraction of sp³-hybridized carbons (Fsp3) is 0.391. The number of carbonyl (C=O) groups is 1. The first-order valence-electron chi connectivity index (χ1n) is 10.1. The number of benzene rings is 2. The van der Waals surface area contributed by atoms with Crippen molar-refractivity contribution in [2.75, 3.05) is 39.5 Å². The molecule has 0 radical (unpaired) electrons. The summed E-state index contributed by atoms with van der Waals surface area (Å²) in [6, 6.07) is 15.3. The Labute approximate surface area is 172 Å². The molecule has 1 fully saturated rings. The van der Waals surface area contributed by atoms with E-state index < -0.39 is 0 Å². The summed E-state index contributed by atoms with van der Waals surface area (Å²) in [6.07, 6.45) is 0.714. The first-order chi connectivity index (χ1) is 14.2. The zero-order valence-electron chi connectivity index (χ0n) is 17.2. The smallest absolute Gasteiger partial charge is 0.271 e. The van der Waals surface area contributed by atoms with Crippen LogP contribution in [-0.2, 0) is 4.74 Å². The third-order valence-electron chi connectivity index (χ3n) is 4.91. The molecular weight excluding hydrogens is 366 g/mol. The zero-order valence-corrected chi connectivity index (χ0v) is 17.2. The lowest BCUT2D eigenvalue weighted by Gasteiger charge is -2.26. The number of carbonyl (C=O) groups excluding carboxylic acids is 1. The van der Waals surface area contributed by atoms with E-state index in [9.17, 15) is 4.79 Å². The van der Waals surface area contributed by atoms with Gasteiger partial charge < -0.3 is 9.47 Å². The SMILES string of the molecule is CC/C(=N\NC(=O)c1ccc(C)cc1)c1ccc(OCCN2CCOCC2)cc1. The van der Waals surface area contributed by atoms with Gasteiger partial charge in [0.2, 0.25) is 0 Å². The van der Waals surface area contributed by atoms with Crippen LogP contribution < -0.4 is 10.2 Å². The molecule has 0 unspecified atom stereocenters. The van der Waals surface area contributed by atoms with Crippen molar-refractivity contribution >= 4 is 11.6 Å². The summed E-state index contributed by atoms with van der Waals surface area (Å²) in [5.41, 5.74) is 6.16. The first-order valence-corrected chi connectivity index (χ1v) is 10.1. The molecule has 154 valence electrons. The number of ether oxygens (including phenoxy) is 2. The fourth-order valence-electron chi connectivity index (χ4n) is 3.10. The van der Waals surface area contributed by atoms with Gasteiger partial charge in [0.05, 0.1) is 18.9 Å². The number of hydrogen-bond donors (Lipinski definition) is 1. The van der Waals surface area contributed by atoms with E-state index in [0.29, 0.717) is 18.6 Å². The molecule has 1 amide bonds. The Hall–Kier alpha value is -2.70. The van der Waals surface area contributed by atoms with Crippen LogP contribution in [-0.4, -0.2) is 56.0 Å². The van der Waals surface area contributed by atoms with Gasteiger partial charge in [0.25, 0.3) is 5.91 Å². The highest BCUT2D eigenvalue weighted by atomic mass is 16.5. The minimum absolute atomic E-state index is 0.209. The monoisotopic (exact) mass is 395 g/mol. The molecule has 2 aromatic carbocycles. The van der Waals surface area contributed by atoms with Gasteiger partial charge in [-0.2, -0.15) is 5.10 Å². The summed E-state index contributed by atoms with van der Waals surface area (Å²) in [5.74, 6) is 0.625.